The van der Waals surface area contributed by atoms with E-state index in [1.807, 2.05) is 6.07 Å². The highest BCUT2D eigenvalue weighted by atomic mass is 19.1. The predicted molar refractivity (Wildman–Crippen MR) is 125 cm³/mol. The first-order valence-corrected chi connectivity index (χ1v) is 11.6. The van der Waals surface area contributed by atoms with Gasteiger partial charge in [0.15, 0.2) is 0 Å². The molecule has 2 atom stereocenters. The van der Waals surface area contributed by atoms with Crippen LogP contribution in [0.15, 0.2) is 52.9 Å². The number of aromatic amines is 1. The second kappa shape index (κ2) is 9.35. The summed E-state index contributed by atoms with van der Waals surface area (Å²) in [4.78, 5) is 21.8. The molecule has 1 aliphatic heterocycles. The van der Waals surface area contributed by atoms with Crippen LogP contribution in [0.3, 0.4) is 0 Å². The van der Waals surface area contributed by atoms with Gasteiger partial charge in [-0.05, 0) is 43.2 Å². The lowest BCUT2D eigenvalue weighted by Crippen LogP contribution is -2.40. The Balaban J connectivity index is 0.000000192. The zero-order valence-corrected chi connectivity index (χ0v) is 18.9. The number of nitriles is 1. The van der Waals surface area contributed by atoms with E-state index in [0.717, 1.165) is 12.3 Å². The minimum atomic E-state index is -1.09. The normalized spacial score (nSPS) is 25.6. The predicted octanol–water partition coefficient (Wildman–Crippen LogP) is 3.95. The number of carboxylic acid groups (broad SMARTS) is 1. The van der Waals surface area contributed by atoms with Crippen molar-refractivity contribution in [1.82, 2.24) is 20.3 Å². The number of carboxylic acids is 1. The smallest absolute Gasteiger partial charge is 0.306 e. The maximum absolute atomic E-state index is 14.6. The molecule has 0 radical (unpaired) electrons. The quantitative estimate of drug-likeness (QED) is 0.443. The minimum Gasteiger partial charge on any atom is -0.481 e. The zero-order chi connectivity index (χ0) is 24.5. The standard InChI is InChI=1S/C16H11FN6O.C9H14O2/c17-13-12(11-2-1-3-24-11)8(4-18)14(23-15(13)19)9-6-21-16-10(9)5-20-7-22-16;10-9(11)8-5-6-1-3-7(8)4-2-6/h1-3,5-7,15,23H,19H2,(H,20,21,22);6-8H,1-5H2,(H,10,11). The number of halogens is 1. The van der Waals surface area contributed by atoms with Crippen LogP contribution in [0, 0.1) is 29.1 Å². The number of allylic oxidation sites excluding steroid dienone is 2. The number of hydrogen-bond acceptors (Lipinski definition) is 7. The van der Waals surface area contributed by atoms with E-state index in [2.05, 4.69) is 20.3 Å². The summed E-state index contributed by atoms with van der Waals surface area (Å²) in [5, 5.41) is 22.0. The van der Waals surface area contributed by atoms with Crippen LogP contribution in [0.4, 0.5) is 4.39 Å². The van der Waals surface area contributed by atoms with Crippen molar-refractivity contribution in [3.8, 4) is 6.07 Å². The molecule has 2 unspecified atom stereocenters. The number of furan rings is 1. The van der Waals surface area contributed by atoms with Gasteiger partial charge in [0.1, 0.15) is 35.8 Å². The molecule has 0 aromatic carbocycles. The Morgan fingerprint density at radius 2 is 2.11 bits per heavy atom. The molecule has 10 heteroatoms. The number of fused-ring (bicyclic) bond motifs is 4. The van der Waals surface area contributed by atoms with E-state index < -0.39 is 18.0 Å². The van der Waals surface area contributed by atoms with E-state index >= 15 is 0 Å². The fourth-order valence-electron chi connectivity index (χ4n) is 5.42. The summed E-state index contributed by atoms with van der Waals surface area (Å²) in [6.07, 6.45) is 10.9. The fourth-order valence-corrected chi connectivity index (χ4v) is 5.42. The van der Waals surface area contributed by atoms with Crippen LogP contribution in [0.5, 0.6) is 0 Å². The molecule has 3 aromatic heterocycles. The van der Waals surface area contributed by atoms with E-state index in [1.54, 1.807) is 24.5 Å². The molecule has 35 heavy (non-hydrogen) atoms. The number of H-pyrrole nitrogens is 1. The molecule has 0 spiro atoms. The molecule has 3 fully saturated rings. The van der Waals surface area contributed by atoms with Crippen LogP contribution in [0.1, 0.15) is 43.4 Å². The number of aromatic nitrogens is 3. The number of aliphatic carboxylic acids is 1. The molecule has 0 amide bonds. The molecule has 0 saturated heterocycles. The number of dihydropyridines is 1. The van der Waals surface area contributed by atoms with Crippen molar-refractivity contribution < 1.29 is 18.7 Å². The average molecular weight is 477 g/mol. The van der Waals surface area contributed by atoms with E-state index in [-0.39, 0.29) is 22.8 Å². The van der Waals surface area contributed by atoms with E-state index in [0.29, 0.717) is 28.2 Å². The van der Waals surface area contributed by atoms with Crippen molar-refractivity contribution in [1.29, 1.82) is 5.26 Å². The Morgan fingerprint density at radius 3 is 2.71 bits per heavy atom. The summed E-state index contributed by atoms with van der Waals surface area (Å²) in [5.41, 5.74) is 7.66. The first-order valence-electron chi connectivity index (χ1n) is 11.6. The van der Waals surface area contributed by atoms with Gasteiger partial charge in [0, 0.05) is 23.3 Å². The third kappa shape index (κ3) is 4.19. The lowest BCUT2D eigenvalue weighted by Gasteiger charge is -2.40. The first kappa shape index (κ1) is 22.8. The fraction of sp³-hybridized carbons (Fsp3) is 0.360. The van der Waals surface area contributed by atoms with Crippen LogP contribution in [0.25, 0.3) is 22.3 Å². The number of hydrogen-bond donors (Lipinski definition) is 4. The monoisotopic (exact) mass is 476 g/mol. The van der Waals surface area contributed by atoms with Crippen LogP contribution >= 0.6 is 0 Å². The summed E-state index contributed by atoms with van der Waals surface area (Å²) in [6, 6.07) is 5.25. The van der Waals surface area contributed by atoms with Crippen molar-refractivity contribution in [2.24, 2.45) is 23.5 Å². The van der Waals surface area contributed by atoms with Gasteiger partial charge in [0.2, 0.25) is 0 Å². The second-order valence-corrected chi connectivity index (χ2v) is 9.13. The molecule has 3 aromatic rings. The number of nitrogens with one attached hydrogen (secondary N) is 2. The topological polar surface area (TPSA) is 154 Å². The van der Waals surface area contributed by atoms with Crippen molar-refractivity contribution in [3.63, 3.8) is 0 Å². The van der Waals surface area contributed by atoms with Gasteiger partial charge in [-0.2, -0.15) is 5.26 Å². The Hall–Kier alpha value is -3.97. The van der Waals surface area contributed by atoms with Gasteiger partial charge in [-0.3, -0.25) is 4.79 Å². The highest BCUT2D eigenvalue weighted by Gasteiger charge is 2.39. The lowest BCUT2D eigenvalue weighted by atomic mass is 9.65. The van der Waals surface area contributed by atoms with Gasteiger partial charge in [0.05, 0.1) is 29.0 Å². The van der Waals surface area contributed by atoms with Crippen molar-refractivity contribution in [2.75, 3.05) is 0 Å². The molecule has 3 aliphatic carbocycles. The Bertz CT molecular complexity index is 1340. The third-order valence-electron chi connectivity index (χ3n) is 7.18. The maximum atomic E-state index is 14.6. The molecule has 4 aliphatic rings. The van der Waals surface area contributed by atoms with Gasteiger partial charge in [-0.1, -0.05) is 12.8 Å². The van der Waals surface area contributed by atoms with E-state index in [1.165, 1.54) is 38.3 Å². The molecule has 3 saturated carbocycles. The molecular weight excluding hydrogens is 451 g/mol. The average Bonchev–Trinajstić information content (AvgIpc) is 3.57. The van der Waals surface area contributed by atoms with Crippen LogP contribution in [-0.4, -0.2) is 32.2 Å². The molecule has 7 rings (SSSR count). The van der Waals surface area contributed by atoms with Gasteiger partial charge in [0.25, 0.3) is 0 Å². The number of carbonyl (C=O) groups is 1. The van der Waals surface area contributed by atoms with Gasteiger partial charge < -0.3 is 25.6 Å². The summed E-state index contributed by atoms with van der Waals surface area (Å²) >= 11 is 0. The number of nitrogens with two attached hydrogens (primary N) is 1. The highest BCUT2D eigenvalue weighted by Crippen LogP contribution is 2.45. The second-order valence-electron chi connectivity index (χ2n) is 9.13. The highest BCUT2D eigenvalue weighted by molar-refractivity contribution is 5.99. The van der Waals surface area contributed by atoms with Crippen molar-refractivity contribution in [2.45, 2.75) is 38.3 Å². The van der Waals surface area contributed by atoms with Crippen molar-refractivity contribution in [3.05, 3.63) is 59.8 Å². The zero-order valence-electron chi connectivity index (χ0n) is 18.9. The first-order chi connectivity index (χ1) is 17.0. The number of rotatable bonds is 3. The third-order valence-corrected chi connectivity index (χ3v) is 7.18. The van der Waals surface area contributed by atoms with Crippen molar-refractivity contribution >= 4 is 28.3 Å². The van der Waals surface area contributed by atoms with Crippen LogP contribution in [0.2, 0.25) is 0 Å². The van der Waals surface area contributed by atoms with Crippen LogP contribution < -0.4 is 11.1 Å². The van der Waals surface area contributed by atoms with Crippen LogP contribution in [-0.2, 0) is 4.79 Å². The number of nitrogens with zero attached hydrogens (tertiary/aromatic N) is 3. The Morgan fingerprint density at radius 1 is 1.31 bits per heavy atom. The summed E-state index contributed by atoms with van der Waals surface area (Å²) in [7, 11) is 0. The Kier molecular flexibility index (Phi) is 6.09. The molecule has 5 N–H and O–H groups in total. The van der Waals surface area contributed by atoms with Gasteiger partial charge >= 0.3 is 5.97 Å². The lowest BCUT2D eigenvalue weighted by molar-refractivity contribution is -0.147. The summed E-state index contributed by atoms with van der Waals surface area (Å²) < 4.78 is 19.9. The molecule has 9 nitrogen and oxygen atoms in total. The van der Waals surface area contributed by atoms with Gasteiger partial charge in [-0.25, -0.2) is 14.4 Å². The maximum Gasteiger partial charge on any atom is 0.306 e. The summed E-state index contributed by atoms with van der Waals surface area (Å²) in [6.45, 7) is 0. The Labute approximate surface area is 200 Å². The minimum absolute atomic E-state index is 0.00231. The molecular formula is C25H25FN6O3. The summed E-state index contributed by atoms with van der Waals surface area (Å²) in [5.74, 6) is 0.288. The van der Waals surface area contributed by atoms with Gasteiger partial charge in [-0.15, -0.1) is 0 Å². The largest absolute Gasteiger partial charge is 0.481 e. The van der Waals surface area contributed by atoms with E-state index in [9.17, 15) is 14.4 Å². The molecule has 2 bridgehead atoms. The molecule has 4 heterocycles. The SMILES string of the molecule is N#CC1=C(c2c[nH]c3ncncc23)NC(N)C(F)=C1c1ccco1.O=C(O)C1CC2CCC1CC2. The molecule has 180 valence electrons. The van der Waals surface area contributed by atoms with E-state index in [4.69, 9.17) is 15.3 Å².